The van der Waals surface area contributed by atoms with Crippen molar-refractivity contribution < 1.29 is 0 Å². The molecule has 0 saturated carbocycles. The Bertz CT molecular complexity index is 526. The molecule has 0 spiro atoms. The molecular weight excluding hydrogens is 343 g/mol. The van der Waals surface area contributed by atoms with Crippen LogP contribution in [0.25, 0.3) is 0 Å². The molecule has 0 aliphatic carbocycles. The van der Waals surface area contributed by atoms with Crippen molar-refractivity contribution in [2.45, 2.75) is 25.4 Å². The molecule has 1 unspecified atom stereocenters. The molecule has 0 radical (unpaired) electrons. The lowest BCUT2D eigenvalue weighted by Gasteiger charge is -2.25. The SMILES string of the molecule is Clc1cc(Cl)c(CNCN2CNCN3CCCC3C2)cc1Cl. The van der Waals surface area contributed by atoms with Gasteiger partial charge in [0.05, 0.1) is 16.7 Å². The lowest BCUT2D eigenvalue weighted by molar-refractivity contribution is 0.209. The van der Waals surface area contributed by atoms with Gasteiger partial charge in [-0.3, -0.25) is 15.1 Å². The van der Waals surface area contributed by atoms with E-state index in [2.05, 4.69) is 20.4 Å². The normalized spacial score (nSPS) is 23.5. The highest BCUT2D eigenvalue weighted by Crippen LogP contribution is 2.28. The predicted octanol–water partition coefficient (Wildman–Crippen LogP) is 2.98. The standard InChI is InChI=1S/C15H21Cl3N4/c16-13-5-15(18)14(17)4-11(13)6-19-8-21-7-12-2-1-3-22(12)10-20-9-21/h4-5,12,19-20H,1-3,6-10H2. The molecule has 1 aromatic rings. The third kappa shape index (κ3) is 4.06. The maximum atomic E-state index is 6.21. The Balaban J connectivity index is 1.51. The van der Waals surface area contributed by atoms with Gasteiger partial charge in [-0.25, -0.2) is 0 Å². The van der Waals surface area contributed by atoms with Gasteiger partial charge >= 0.3 is 0 Å². The van der Waals surface area contributed by atoms with E-state index in [0.29, 0.717) is 27.7 Å². The molecular formula is C15H21Cl3N4. The Hall–Kier alpha value is -0.0700. The Morgan fingerprint density at radius 2 is 1.95 bits per heavy atom. The molecule has 2 fully saturated rings. The highest BCUT2D eigenvalue weighted by atomic mass is 35.5. The van der Waals surface area contributed by atoms with Crippen LogP contribution < -0.4 is 10.6 Å². The third-order valence-corrected chi connectivity index (χ3v) is 5.43. The first-order valence-electron chi connectivity index (χ1n) is 7.65. The minimum absolute atomic E-state index is 0.494. The summed E-state index contributed by atoms with van der Waals surface area (Å²) in [5.74, 6) is 0. The van der Waals surface area contributed by atoms with E-state index in [1.54, 1.807) is 6.07 Å². The Labute approximate surface area is 146 Å². The summed E-state index contributed by atoms with van der Waals surface area (Å²) in [6, 6.07) is 4.22. The van der Waals surface area contributed by atoms with Gasteiger partial charge in [0.2, 0.25) is 0 Å². The molecule has 1 atom stereocenters. The van der Waals surface area contributed by atoms with Crippen LogP contribution in [-0.2, 0) is 6.54 Å². The molecule has 2 aliphatic heterocycles. The number of fused-ring (bicyclic) bond motifs is 1. The van der Waals surface area contributed by atoms with Crippen molar-refractivity contribution >= 4 is 34.8 Å². The van der Waals surface area contributed by atoms with E-state index in [0.717, 1.165) is 32.1 Å². The van der Waals surface area contributed by atoms with Crippen molar-refractivity contribution in [3.8, 4) is 0 Å². The van der Waals surface area contributed by atoms with Crippen molar-refractivity contribution in [1.29, 1.82) is 0 Å². The number of hydrogen-bond donors (Lipinski definition) is 2. The third-order valence-electron chi connectivity index (χ3n) is 4.36. The van der Waals surface area contributed by atoms with Crippen LogP contribution in [0.5, 0.6) is 0 Å². The molecule has 2 aliphatic rings. The summed E-state index contributed by atoms with van der Waals surface area (Å²) in [6.45, 7) is 5.75. The summed E-state index contributed by atoms with van der Waals surface area (Å²) < 4.78 is 0. The largest absolute Gasteiger partial charge is 0.300 e. The zero-order valence-electron chi connectivity index (χ0n) is 12.4. The van der Waals surface area contributed by atoms with E-state index < -0.39 is 0 Å². The molecule has 0 aromatic heterocycles. The molecule has 2 saturated heterocycles. The highest BCUT2D eigenvalue weighted by Gasteiger charge is 2.28. The van der Waals surface area contributed by atoms with Gasteiger partial charge in [0.1, 0.15) is 0 Å². The van der Waals surface area contributed by atoms with Crippen molar-refractivity contribution in [1.82, 2.24) is 20.4 Å². The van der Waals surface area contributed by atoms with Gasteiger partial charge in [-0.1, -0.05) is 34.8 Å². The van der Waals surface area contributed by atoms with E-state index in [4.69, 9.17) is 34.8 Å². The minimum Gasteiger partial charge on any atom is -0.300 e. The van der Waals surface area contributed by atoms with Gasteiger partial charge in [0.15, 0.2) is 0 Å². The Morgan fingerprint density at radius 1 is 1.14 bits per heavy atom. The summed E-state index contributed by atoms with van der Waals surface area (Å²) in [5.41, 5.74) is 0.973. The van der Waals surface area contributed by atoms with Crippen LogP contribution in [0.15, 0.2) is 12.1 Å². The molecule has 4 nitrogen and oxygen atoms in total. The first-order valence-corrected chi connectivity index (χ1v) is 8.78. The maximum Gasteiger partial charge on any atom is 0.0607 e. The van der Waals surface area contributed by atoms with Gasteiger partial charge in [0.25, 0.3) is 0 Å². The van der Waals surface area contributed by atoms with Crippen LogP contribution >= 0.6 is 34.8 Å². The molecule has 0 amide bonds. The molecule has 2 N–H and O–H groups in total. The van der Waals surface area contributed by atoms with Gasteiger partial charge in [-0.2, -0.15) is 0 Å². The topological polar surface area (TPSA) is 30.5 Å². The molecule has 0 bridgehead atoms. The summed E-state index contributed by atoms with van der Waals surface area (Å²) in [6.07, 6.45) is 2.61. The van der Waals surface area contributed by atoms with E-state index in [1.165, 1.54) is 19.4 Å². The van der Waals surface area contributed by atoms with Crippen LogP contribution in [0.4, 0.5) is 0 Å². The Morgan fingerprint density at radius 3 is 2.82 bits per heavy atom. The average Bonchev–Trinajstić information content (AvgIpc) is 2.83. The van der Waals surface area contributed by atoms with Crippen molar-refractivity contribution in [3.63, 3.8) is 0 Å². The fraction of sp³-hybridized carbons (Fsp3) is 0.600. The summed E-state index contributed by atoms with van der Waals surface area (Å²) in [5, 5.41) is 8.63. The predicted molar refractivity (Wildman–Crippen MR) is 92.5 cm³/mol. The molecule has 2 heterocycles. The molecule has 3 rings (SSSR count). The summed E-state index contributed by atoms with van der Waals surface area (Å²) in [7, 11) is 0. The summed E-state index contributed by atoms with van der Waals surface area (Å²) >= 11 is 18.2. The van der Waals surface area contributed by atoms with Gasteiger partial charge in [-0.05, 0) is 37.1 Å². The van der Waals surface area contributed by atoms with E-state index >= 15 is 0 Å². The Kier molecular flexibility index (Phi) is 5.85. The average molecular weight is 364 g/mol. The van der Waals surface area contributed by atoms with Gasteiger partial charge in [0, 0.05) is 37.5 Å². The monoisotopic (exact) mass is 362 g/mol. The number of nitrogens with zero attached hydrogens (tertiary/aromatic N) is 2. The van der Waals surface area contributed by atoms with Crippen LogP contribution in [0.1, 0.15) is 18.4 Å². The first-order chi connectivity index (χ1) is 10.6. The lowest BCUT2D eigenvalue weighted by atomic mass is 10.2. The van der Waals surface area contributed by atoms with Crippen LogP contribution in [0.2, 0.25) is 15.1 Å². The second-order valence-corrected chi connectivity index (χ2v) is 7.19. The number of rotatable bonds is 4. The molecule has 22 heavy (non-hydrogen) atoms. The molecule has 1 aromatic carbocycles. The second kappa shape index (κ2) is 7.67. The minimum atomic E-state index is 0.494. The van der Waals surface area contributed by atoms with Gasteiger partial charge < -0.3 is 5.32 Å². The number of halogens is 3. The fourth-order valence-electron chi connectivity index (χ4n) is 3.19. The van der Waals surface area contributed by atoms with Gasteiger partial charge in [-0.15, -0.1) is 0 Å². The van der Waals surface area contributed by atoms with E-state index in [9.17, 15) is 0 Å². The van der Waals surface area contributed by atoms with Crippen molar-refractivity contribution in [2.24, 2.45) is 0 Å². The molecule has 7 heteroatoms. The zero-order valence-corrected chi connectivity index (χ0v) is 14.7. The second-order valence-electron chi connectivity index (χ2n) is 5.97. The highest BCUT2D eigenvalue weighted by molar-refractivity contribution is 6.43. The first kappa shape index (κ1) is 16.8. The van der Waals surface area contributed by atoms with Crippen LogP contribution in [-0.4, -0.2) is 48.9 Å². The number of hydrogen-bond acceptors (Lipinski definition) is 4. The van der Waals surface area contributed by atoms with E-state index in [-0.39, 0.29) is 0 Å². The maximum absolute atomic E-state index is 6.21. The molecule has 122 valence electrons. The quantitative estimate of drug-likeness (QED) is 0.805. The smallest absolute Gasteiger partial charge is 0.0607 e. The van der Waals surface area contributed by atoms with Crippen LogP contribution in [0.3, 0.4) is 0 Å². The van der Waals surface area contributed by atoms with Crippen molar-refractivity contribution in [3.05, 3.63) is 32.8 Å². The van der Waals surface area contributed by atoms with Crippen LogP contribution in [0, 0.1) is 0 Å². The van der Waals surface area contributed by atoms with Crippen molar-refractivity contribution in [2.75, 3.05) is 33.1 Å². The fourth-order valence-corrected chi connectivity index (χ4v) is 3.83. The number of nitrogens with one attached hydrogen (secondary N) is 2. The summed E-state index contributed by atoms with van der Waals surface area (Å²) in [4.78, 5) is 4.94. The van der Waals surface area contributed by atoms with E-state index in [1.807, 2.05) is 6.07 Å². The lowest BCUT2D eigenvalue weighted by Crippen LogP contribution is -2.41. The number of benzene rings is 1. The zero-order chi connectivity index (χ0) is 15.5.